The summed E-state index contributed by atoms with van der Waals surface area (Å²) in [7, 11) is 0. The molecule has 0 heterocycles. The first-order valence-corrected chi connectivity index (χ1v) is 7.94. The van der Waals surface area contributed by atoms with Crippen molar-refractivity contribution in [3.63, 3.8) is 0 Å². The Labute approximate surface area is 142 Å². The maximum absolute atomic E-state index is 11.9. The lowest BCUT2D eigenvalue weighted by Crippen LogP contribution is -2.50. The third-order valence-electron chi connectivity index (χ3n) is 3.68. The van der Waals surface area contributed by atoms with E-state index in [0.717, 1.165) is 6.42 Å². The molecular formula is C18H24N2O4. The van der Waals surface area contributed by atoms with Crippen molar-refractivity contribution in [1.82, 2.24) is 5.32 Å². The van der Waals surface area contributed by atoms with Gasteiger partial charge >= 0.3 is 5.97 Å². The Morgan fingerprint density at radius 3 is 2.42 bits per heavy atom. The maximum Gasteiger partial charge on any atom is 0.338 e. The zero-order valence-corrected chi connectivity index (χ0v) is 14.6. The molecule has 0 aromatic heterocycles. The fourth-order valence-corrected chi connectivity index (χ4v) is 1.75. The molecule has 0 aliphatic rings. The summed E-state index contributed by atoms with van der Waals surface area (Å²) >= 11 is 0. The predicted molar refractivity (Wildman–Crippen MR) is 89.5 cm³/mol. The monoisotopic (exact) mass is 332 g/mol. The second-order valence-electron chi connectivity index (χ2n) is 5.97. The first kappa shape index (κ1) is 19.5. The van der Waals surface area contributed by atoms with Gasteiger partial charge in [-0.1, -0.05) is 20.8 Å². The second-order valence-corrected chi connectivity index (χ2v) is 5.97. The SMILES string of the molecule is CCCOc1ccc(C(=O)OCC(=O)N[C@](C)(C#N)C(C)C)cc1. The first-order chi connectivity index (χ1) is 11.3. The third-order valence-corrected chi connectivity index (χ3v) is 3.68. The molecule has 0 saturated carbocycles. The van der Waals surface area contributed by atoms with Crippen LogP contribution in [0, 0.1) is 17.2 Å². The molecule has 1 amide bonds. The minimum Gasteiger partial charge on any atom is -0.494 e. The third kappa shape index (κ3) is 5.58. The van der Waals surface area contributed by atoms with Gasteiger partial charge in [-0.05, 0) is 43.5 Å². The molecule has 1 aromatic rings. The Balaban J connectivity index is 2.54. The number of hydrogen-bond donors (Lipinski definition) is 1. The molecule has 1 atom stereocenters. The van der Waals surface area contributed by atoms with E-state index in [1.54, 1.807) is 31.2 Å². The molecular weight excluding hydrogens is 308 g/mol. The van der Waals surface area contributed by atoms with Crippen LogP contribution in [0.1, 0.15) is 44.5 Å². The molecule has 24 heavy (non-hydrogen) atoms. The van der Waals surface area contributed by atoms with Gasteiger partial charge in [0.25, 0.3) is 5.91 Å². The standard InChI is InChI=1S/C18H24N2O4/c1-5-10-23-15-8-6-14(7-9-15)17(22)24-11-16(21)20-18(4,12-19)13(2)3/h6-9,13H,5,10-11H2,1-4H3,(H,20,21)/t18-/m1/s1. The molecule has 0 radical (unpaired) electrons. The van der Waals surface area contributed by atoms with E-state index in [2.05, 4.69) is 11.4 Å². The normalized spacial score (nSPS) is 12.8. The summed E-state index contributed by atoms with van der Waals surface area (Å²) in [6, 6.07) is 8.59. The molecule has 0 fully saturated rings. The van der Waals surface area contributed by atoms with Gasteiger partial charge in [0.1, 0.15) is 11.3 Å². The van der Waals surface area contributed by atoms with Crippen molar-refractivity contribution in [3.05, 3.63) is 29.8 Å². The van der Waals surface area contributed by atoms with Crippen molar-refractivity contribution in [2.75, 3.05) is 13.2 Å². The second kappa shape index (κ2) is 8.92. The Morgan fingerprint density at radius 1 is 1.29 bits per heavy atom. The molecule has 1 aromatic carbocycles. The molecule has 130 valence electrons. The van der Waals surface area contributed by atoms with Crippen LogP contribution in [0.3, 0.4) is 0 Å². The van der Waals surface area contributed by atoms with E-state index in [0.29, 0.717) is 17.9 Å². The molecule has 0 spiro atoms. The van der Waals surface area contributed by atoms with Gasteiger partial charge < -0.3 is 14.8 Å². The Kier molecular flexibility index (Phi) is 7.25. The molecule has 6 nitrogen and oxygen atoms in total. The molecule has 1 rings (SSSR count). The van der Waals surface area contributed by atoms with E-state index < -0.39 is 24.0 Å². The molecule has 1 N–H and O–H groups in total. The Hall–Kier alpha value is -2.55. The molecule has 0 saturated heterocycles. The smallest absolute Gasteiger partial charge is 0.338 e. The van der Waals surface area contributed by atoms with Gasteiger partial charge in [0.05, 0.1) is 18.2 Å². The minimum atomic E-state index is -0.998. The van der Waals surface area contributed by atoms with E-state index in [-0.39, 0.29) is 5.92 Å². The number of nitriles is 1. The van der Waals surface area contributed by atoms with E-state index in [4.69, 9.17) is 14.7 Å². The summed E-state index contributed by atoms with van der Waals surface area (Å²) < 4.78 is 10.4. The van der Waals surface area contributed by atoms with E-state index in [1.165, 1.54) is 0 Å². The van der Waals surface area contributed by atoms with Crippen LogP contribution in [-0.2, 0) is 9.53 Å². The number of carbonyl (C=O) groups is 2. The predicted octanol–water partition coefficient (Wildman–Crippen LogP) is 2.69. The van der Waals surface area contributed by atoms with E-state index in [9.17, 15) is 9.59 Å². The molecule has 6 heteroatoms. The van der Waals surface area contributed by atoms with Crippen molar-refractivity contribution >= 4 is 11.9 Å². The summed E-state index contributed by atoms with van der Waals surface area (Å²) in [6.45, 7) is 7.48. The topological polar surface area (TPSA) is 88.4 Å². The molecule has 0 unspecified atom stereocenters. The average molecular weight is 332 g/mol. The summed E-state index contributed by atoms with van der Waals surface area (Å²) in [5.74, 6) is -0.509. The lowest BCUT2D eigenvalue weighted by molar-refractivity contribution is -0.125. The number of nitrogens with one attached hydrogen (secondary N) is 1. The molecule has 0 aliphatic carbocycles. The van der Waals surface area contributed by atoms with Crippen LogP contribution in [0.25, 0.3) is 0 Å². The van der Waals surface area contributed by atoms with E-state index in [1.807, 2.05) is 20.8 Å². The number of ether oxygens (including phenoxy) is 2. The van der Waals surface area contributed by atoms with Gasteiger partial charge in [-0.2, -0.15) is 5.26 Å². The van der Waals surface area contributed by atoms with Gasteiger partial charge in [0.15, 0.2) is 6.61 Å². The lowest BCUT2D eigenvalue weighted by Gasteiger charge is -2.27. The van der Waals surface area contributed by atoms with Crippen LogP contribution in [0.2, 0.25) is 0 Å². The van der Waals surface area contributed by atoms with Crippen molar-refractivity contribution < 1.29 is 19.1 Å². The minimum absolute atomic E-state index is 0.0715. The number of carbonyl (C=O) groups excluding carboxylic acids is 2. The average Bonchev–Trinajstić information content (AvgIpc) is 2.58. The van der Waals surface area contributed by atoms with Crippen LogP contribution in [-0.4, -0.2) is 30.6 Å². The van der Waals surface area contributed by atoms with Crippen molar-refractivity contribution in [2.45, 2.75) is 39.7 Å². The van der Waals surface area contributed by atoms with Crippen molar-refractivity contribution in [3.8, 4) is 11.8 Å². The summed E-state index contributed by atoms with van der Waals surface area (Å²) in [5, 5.41) is 11.7. The van der Waals surface area contributed by atoms with E-state index >= 15 is 0 Å². The summed E-state index contributed by atoms with van der Waals surface area (Å²) in [6.07, 6.45) is 0.900. The molecule has 0 aliphatic heterocycles. The Bertz CT molecular complexity index is 604. The number of rotatable bonds is 8. The number of nitrogens with zero attached hydrogens (tertiary/aromatic N) is 1. The largest absolute Gasteiger partial charge is 0.494 e. The highest BCUT2D eigenvalue weighted by molar-refractivity contribution is 5.91. The first-order valence-electron chi connectivity index (χ1n) is 7.94. The van der Waals surface area contributed by atoms with Gasteiger partial charge in [-0.3, -0.25) is 4.79 Å². The van der Waals surface area contributed by atoms with Crippen molar-refractivity contribution in [1.29, 1.82) is 5.26 Å². The van der Waals surface area contributed by atoms with Gasteiger partial charge in [-0.15, -0.1) is 0 Å². The number of hydrogen-bond acceptors (Lipinski definition) is 5. The summed E-state index contributed by atoms with van der Waals surface area (Å²) in [4.78, 5) is 23.8. The maximum atomic E-state index is 11.9. The van der Waals surface area contributed by atoms with Crippen LogP contribution in [0.5, 0.6) is 5.75 Å². The molecule has 0 bridgehead atoms. The van der Waals surface area contributed by atoms with Crippen LogP contribution in [0.15, 0.2) is 24.3 Å². The van der Waals surface area contributed by atoms with Crippen LogP contribution < -0.4 is 10.1 Å². The highest BCUT2D eigenvalue weighted by Crippen LogP contribution is 2.15. The zero-order valence-electron chi connectivity index (χ0n) is 14.6. The van der Waals surface area contributed by atoms with Crippen molar-refractivity contribution in [2.24, 2.45) is 5.92 Å². The number of amides is 1. The van der Waals surface area contributed by atoms with Crippen LogP contribution >= 0.6 is 0 Å². The highest BCUT2D eigenvalue weighted by Gasteiger charge is 2.30. The highest BCUT2D eigenvalue weighted by atomic mass is 16.5. The van der Waals surface area contributed by atoms with Crippen LogP contribution in [0.4, 0.5) is 0 Å². The van der Waals surface area contributed by atoms with Gasteiger partial charge in [0.2, 0.25) is 0 Å². The van der Waals surface area contributed by atoms with Gasteiger partial charge in [0, 0.05) is 0 Å². The summed E-state index contributed by atoms with van der Waals surface area (Å²) in [5.41, 5.74) is -0.666. The fourth-order valence-electron chi connectivity index (χ4n) is 1.75. The fraction of sp³-hybridized carbons (Fsp3) is 0.500. The Morgan fingerprint density at radius 2 is 1.92 bits per heavy atom. The lowest BCUT2D eigenvalue weighted by atomic mass is 9.90. The number of benzene rings is 1. The zero-order chi connectivity index (χ0) is 18.2. The quantitative estimate of drug-likeness (QED) is 0.739. The van der Waals surface area contributed by atoms with Gasteiger partial charge in [-0.25, -0.2) is 4.79 Å². The number of esters is 1.